The van der Waals surface area contributed by atoms with Gasteiger partial charge in [-0.05, 0) is 24.1 Å². The number of morpholine rings is 1. The number of hydrogen-bond donors (Lipinski definition) is 0. The molecule has 1 aliphatic heterocycles. The molecule has 2 aromatic rings. The molecular formula is C22H25NO5. The number of nitrogens with zero attached hydrogens (tertiary/aromatic N) is 1. The summed E-state index contributed by atoms with van der Waals surface area (Å²) in [6, 6.07) is 17.6. The SMILES string of the molecule is CC(OC(=O)COc1ccccc1Cc1ccccc1)C(=O)N1CCOCC1. The van der Waals surface area contributed by atoms with Gasteiger partial charge in [-0.2, -0.15) is 0 Å². The minimum Gasteiger partial charge on any atom is -0.482 e. The van der Waals surface area contributed by atoms with Crippen molar-refractivity contribution in [3.05, 3.63) is 65.7 Å². The van der Waals surface area contributed by atoms with Crippen LogP contribution in [0.2, 0.25) is 0 Å². The van der Waals surface area contributed by atoms with E-state index in [2.05, 4.69) is 0 Å². The molecule has 1 aliphatic rings. The summed E-state index contributed by atoms with van der Waals surface area (Å²) in [7, 11) is 0. The molecule has 0 radical (unpaired) electrons. The van der Waals surface area contributed by atoms with Crippen molar-refractivity contribution in [1.29, 1.82) is 0 Å². The number of benzene rings is 2. The first-order valence-corrected chi connectivity index (χ1v) is 9.44. The van der Waals surface area contributed by atoms with E-state index in [1.54, 1.807) is 11.8 Å². The van der Waals surface area contributed by atoms with E-state index in [0.717, 1.165) is 11.1 Å². The molecule has 0 aromatic heterocycles. The first kappa shape index (κ1) is 19.9. The fraction of sp³-hybridized carbons (Fsp3) is 0.364. The average molecular weight is 383 g/mol. The Morgan fingerprint density at radius 3 is 2.46 bits per heavy atom. The summed E-state index contributed by atoms with van der Waals surface area (Å²) in [5.74, 6) is -0.139. The first-order valence-electron chi connectivity index (χ1n) is 9.44. The molecule has 3 rings (SSSR count). The van der Waals surface area contributed by atoms with Crippen LogP contribution in [0.1, 0.15) is 18.1 Å². The van der Waals surface area contributed by atoms with Crippen molar-refractivity contribution in [2.75, 3.05) is 32.9 Å². The van der Waals surface area contributed by atoms with E-state index < -0.39 is 12.1 Å². The standard InChI is InChI=1S/C22H25NO5/c1-17(22(25)23-11-13-26-14-12-23)28-21(24)16-27-20-10-6-5-9-19(20)15-18-7-3-2-4-8-18/h2-10,17H,11-16H2,1H3. The molecule has 0 spiro atoms. The molecule has 1 heterocycles. The first-order chi connectivity index (χ1) is 13.6. The lowest BCUT2D eigenvalue weighted by Gasteiger charge is -2.28. The van der Waals surface area contributed by atoms with Crippen LogP contribution in [0.15, 0.2) is 54.6 Å². The number of carbonyl (C=O) groups excluding carboxylic acids is 2. The van der Waals surface area contributed by atoms with Crippen molar-refractivity contribution < 1.29 is 23.8 Å². The Hall–Kier alpha value is -2.86. The van der Waals surface area contributed by atoms with Crippen LogP contribution >= 0.6 is 0 Å². The van der Waals surface area contributed by atoms with E-state index in [1.807, 2.05) is 54.6 Å². The largest absolute Gasteiger partial charge is 0.482 e. The highest BCUT2D eigenvalue weighted by Crippen LogP contribution is 2.21. The molecule has 0 bridgehead atoms. The zero-order chi connectivity index (χ0) is 19.8. The maximum absolute atomic E-state index is 12.3. The molecule has 0 aliphatic carbocycles. The van der Waals surface area contributed by atoms with E-state index in [1.165, 1.54) is 0 Å². The Kier molecular flexibility index (Phi) is 7.03. The minimum absolute atomic E-state index is 0.207. The fourth-order valence-electron chi connectivity index (χ4n) is 3.07. The van der Waals surface area contributed by atoms with Crippen LogP contribution in [0, 0.1) is 0 Å². The summed E-state index contributed by atoms with van der Waals surface area (Å²) < 4.78 is 16.2. The molecular weight excluding hydrogens is 358 g/mol. The van der Waals surface area contributed by atoms with Crippen molar-refractivity contribution in [1.82, 2.24) is 4.90 Å². The molecule has 28 heavy (non-hydrogen) atoms. The van der Waals surface area contributed by atoms with Gasteiger partial charge in [0.1, 0.15) is 5.75 Å². The van der Waals surface area contributed by atoms with Crippen LogP contribution in [-0.2, 0) is 25.5 Å². The molecule has 1 amide bonds. The minimum atomic E-state index is -0.839. The highest BCUT2D eigenvalue weighted by Gasteiger charge is 2.25. The summed E-state index contributed by atoms with van der Waals surface area (Å²) in [5, 5.41) is 0. The molecule has 0 saturated carbocycles. The van der Waals surface area contributed by atoms with Crippen molar-refractivity contribution in [3.8, 4) is 5.75 Å². The summed E-state index contributed by atoms with van der Waals surface area (Å²) in [4.78, 5) is 26.1. The quantitative estimate of drug-likeness (QED) is 0.687. The van der Waals surface area contributed by atoms with Gasteiger partial charge in [0.05, 0.1) is 13.2 Å². The topological polar surface area (TPSA) is 65.1 Å². The predicted octanol–water partition coefficient (Wildman–Crippen LogP) is 2.45. The van der Waals surface area contributed by atoms with Gasteiger partial charge in [0.25, 0.3) is 5.91 Å². The Morgan fingerprint density at radius 1 is 1.04 bits per heavy atom. The zero-order valence-electron chi connectivity index (χ0n) is 16.0. The highest BCUT2D eigenvalue weighted by molar-refractivity contribution is 5.83. The molecule has 6 nitrogen and oxygen atoms in total. The van der Waals surface area contributed by atoms with Crippen LogP contribution in [0.3, 0.4) is 0 Å². The van der Waals surface area contributed by atoms with Crippen molar-refractivity contribution >= 4 is 11.9 Å². The average Bonchev–Trinajstić information content (AvgIpc) is 2.74. The van der Waals surface area contributed by atoms with Crippen LogP contribution in [0.5, 0.6) is 5.75 Å². The summed E-state index contributed by atoms with van der Waals surface area (Å²) in [6.45, 7) is 3.39. The molecule has 1 fully saturated rings. The number of esters is 1. The Morgan fingerprint density at radius 2 is 1.71 bits per heavy atom. The molecule has 1 unspecified atom stereocenters. The van der Waals surface area contributed by atoms with Gasteiger partial charge >= 0.3 is 5.97 Å². The van der Waals surface area contributed by atoms with E-state index >= 15 is 0 Å². The summed E-state index contributed by atoms with van der Waals surface area (Å²) in [6.07, 6.45) is -0.133. The van der Waals surface area contributed by atoms with E-state index in [9.17, 15) is 9.59 Å². The third-order valence-corrected chi connectivity index (χ3v) is 4.53. The van der Waals surface area contributed by atoms with Gasteiger partial charge in [0.2, 0.25) is 0 Å². The smallest absolute Gasteiger partial charge is 0.344 e. The molecule has 148 valence electrons. The Bertz CT molecular complexity index is 787. The van der Waals surface area contributed by atoms with E-state index in [4.69, 9.17) is 14.2 Å². The number of amides is 1. The van der Waals surface area contributed by atoms with Crippen LogP contribution in [-0.4, -0.2) is 55.8 Å². The maximum Gasteiger partial charge on any atom is 0.344 e. The van der Waals surface area contributed by atoms with Gasteiger partial charge in [0, 0.05) is 19.5 Å². The van der Waals surface area contributed by atoms with Crippen LogP contribution < -0.4 is 4.74 Å². The van der Waals surface area contributed by atoms with Crippen LogP contribution in [0.4, 0.5) is 0 Å². The number of rotatable bonds is 7. The second-order valence-corrected chi connectivity index (χ2v) is 6.63. The maximum atomic E-state index is 12.3. The van der Waals surface area contributed by atoms with Gasteiger partial charge in [-0.25, -0.2) is 4.79 Å². The number of carbonyl (C=O) groups is 2. The highest BCUT2D eigenvalue weighted by atomic mass is 16.6. The van der Waals surface area contributed by atoms with E-state index in [-0.39, 0.29) is 12.5 Å². The molecule has 0 N–H and O–H groups in total. The Balaban J connectivity index is 1.52. The lowest BCUT2D eigenvalue weighted by molar-refractivity contribution is -0.162. The van der Waals surface area contributed by atoms with Crippen molar-refractivity contribution in [2.24, 2.45) is 0 Å². The monoisotopic (exact) mass is 383 g/mol. The molecule has 2 aromatic carbocycles. The third kappa shape index (κ3) is 5.57. The molecule has 6 heteroatoms. The van der Waals surface area contributed by atoms with Gasteiger partial charge in [-0.1, -0.05) is 48.5 Å². The number of ether oxygens (including phenoxy) is 3. The van der Waals surface area contributed by atoms with Crippen LogP contribution in [0.25, 0.3) is 0 Å². The lowest BCUT2D eigenvalue weighted by atomic mass is 10.0. The van der Waals surface area contributed by atoms with E-state index in [0.29, 0.717) is 38.5 Å². The normalized spacial score (nSPS) is 15.0. The Labute approximate surface area is 165 Å². The fourth-order valence-corrected chi connectivity index (χ4v) is 3.07. The van der Waals surface area contributed by atoms with Gasteiger partial charge in [-0.3, -0.25) is 4.79 Å². The lowest BCUT2D eigenvalue weighted by Crippen LogP contribution is -2.46. The zero-order valence-corrected chi connectivity index (χ0v) is 16.0. The second kappa shape index (κ2) is 9.90. The number of hydrogen-bond acceptors (Lipinski definition) is 5. The van der Waals surface area contributed by atoms with Gasteiger partial charge in [0.15, 0.2) is 12.7 Å². The third-order valence-electron chi connectivity index (χ3n) is 4.53. The summed E-state index contributed by atoms with van der Waals surface area (Å²) >= 11 is 0. The van der Waals surface area contributed by atoms with Crippen molar-refractivity contribution in [2.45, 2.75) is 19.4 Å². The molecule has 1 atom stereocenters. The van der Waals surface area contributed by atoms with Gasteiger partial charge in [-0.15, -0.1) is 0 Å². The predicted molar refractivity (Wildman–Crippen MR) is 104 cm³/mol. The summed E-state index contributed by atoms with van der Waals surface area (Å²) in [5.41, 5.74) is 2.14. The number of para-hydroxylation sites is 1. The van der Waals surface area contributed by atoms with Crippen molar-refractivity contribution in [3.63, 3.8) is 0 Å². The second-order valence-electron chi connectivity index (χ2n) is 6.63. The van der Waals surface area contributed by atoms with Gasteiger partial charge < -0.3 is 19.1 Å². The molecule has 1 saturated heterocycles.